The number of ether oxygens (including phenoxy) is 2. The molecule has 6 aromatic rings. The van der Waals surface area contributed by atoms with Crippen LogP contribution in [0.5, 0.6) is 11.6 Å². The summed E-state index contributed by atoms with van der Waals surface area (Å²) in [6.45, 7) is 9.62. The molecule has 1 aliphatic rings. The van der Waals surface area contributed by atoms with Crippen molar-refractivity contribution in [2.24, 2.45) is 0 Å². The molecule has 0 saturated carbocycles. The monoisotopic (exact) mass is 732 g/mol. The van der Waals surface area contributed by atoms with Crippen molar-refractivity contribution < 1.29 is 32.0 Å². The highest BCUT2D eigenvalue weighted by atomic mass is 31.2. The van der Waals surface area contributed by atoms with Gasteiger partial charge in [-0.2, -0.15) is 0 Å². The Balaban J connectivity index is 1.22. The van der Waals surface area contributed by atoms with E-state index >= 15 is 0 Å². The number of phosphoric ester groups is 1. The maximum absolute atomic E-state index is 13.1. The van der Waals surface area contributed by atoms with Crippen LogP contribution in [0.4, 0.5) is 0 Å². The van der Waals surface area contributed by atoms with Gasteiger partial charge in [0.15, 0.2) is 5.65 Å². The van der Waals surface area contributed by atoms with Gasteiger partial charge in [0, 0.05) is 36.8 Å². The van der Waals surface area contributed by atoms with E-state index in [4.69, 9.17) is 37.4 Å². The molecule has 3 aromatic carbocycles. The molecule has 1 atom stereocenters. The normalized spacial score (nSPS) is 14.6. The minimum absolute atomic E-state index is 0.00143. The molecule has 53 heavy (non-hydrogen) atoms. The van der Waals surface area contributed by atoms with Crippen LogP contribution in [-0.2, 0) is 37.8 Å². The number of aromatic nitrogens is 3. The first-order chi connectivity index (χ1) is 26.0. The number of nitrogens with zero attached hydrogens (tertiary/aromatic N) is 3. The lowest BCUT2D eigenvalue weighted by Gasteiger charge is -2.22. The molecule has 0 amide bonds. The first kappa shape index (κ1) is 36.1. The van der Waals surface area contributed by atoms with Crippen LogP contribution < -0.4 is 14.6 Å². The largest absolute Gasteiger partial charge is 0.530 e. The molecule has 0 bridgehead atoms. The van der Waals surface area contributed by atoms with E-state index in [1.165, 1.54) is 12.2 Å². The van der Waals surface area contributed by atoms with Gasteiger partial charge in [-0.05, 0) is 29.3 Å². The van der Waals surface area contributed by atoms with E-state index in [0.29, 0.717) is 42.4 Å². The SMILES string of the molecule is C=CCOP(=O)(OCC=C)Oc1ccc(COc2c(Cc3cc(C4CNCCO4)co3)nc3c(Cc4ccccc4)nc(-c4ccccc4)cn23)cc1. The highest BCUT2D eigenvalue weighted by Gasteiger charge is 2.28. The molecule has 7 rings (SSSR count). The third-order valence-corrected chi connectivity index (χ3v) is 9.88. The van der Waals surface area contributed by atoms with Gasteiger partial charge in [-0.1, -0.05) is 84.9 Å². The van der Waals surface area contributed by atoms with E-state index in [-0.39, 0.29) is 25.9 Å². The summed E-state index contributed by atoms with van der Waals surface area (Å²) in [7, 11) is -3.89. The van der Waals surface area contributed by atoms with Crippen LogP contribution in [0.15, 0.2) is 133 Å². The number of phosphoric acid groups is 1. The lowest BCUT2D eigenvalue weighted by molar-refractivity contribution is 0.0273. The van der Waals surface area contributed by atoms with E-state index in [0.717, 1.165) is 52.5 Å². The number of imidazole rings is 1. The Hall–Kier alpha value is -5.29. The van der Waals surface area contributed by atoms with Crippen molar-refractivity contribution >= 4 is 13.5 Å². The zero-order chi connectivity index (χ0) is 36.5. The highest BCUT2D eigenvalue weighted by molar-refractivity contribution is 7.48. The molecule has 12 heteroatoms. The van der Waals surface area contributed by atoms with Gasteiger partial charge in [0.2, 0.25) is 5.88 Å². The van der Waals surface area contributed by atoms with Gasteiger partial charge in [0.1, 0.15) is 23.8 Å². The zero-order valence-corrected chi connectivity index (χ0v) is 30.2. The topological polar surface area (TPSA) is 119 Å². The van der Waals surface area contributed by atoms with Crippen LogP contribution >= 0.6 is 7.82 Å². The van der Waals surface area contributed by atoms with E-state index < -0.39 is 7.82 Å². The van der Waals surface area contributed by atoms with E-state index in [1.54, 1.807) is 18.4 Å². The van der Waals surface area contributed by atoms with Crippen molar-refractivity contribution in [3.8, 4) is 22.9 Å². The Kier molecular flexibility index (Phi) is 11.6. The highest BCUT2D eigenvalue weighted by Crippen LogP contribution is 2.49. The van der Waals surface area contributed by atoms with Gasteiger partial charge < -0.3 is 23.7 Å². The second-order valence-electron chi connectivity index (χ2n) is 12.4. The Morgan fingerprint density at radius 2 is 1.62 bits per heavy atom. The lowest BCUT2D eigenvalue weighted by Crippen LogP contribution is -2.33. The van der Waals surface area contributed by atoms with Crippen LogP contribution in [-0.4, -0.2) is 47.3 Å². The summed E-state index contributed by atoms with van der Waals surface area (Å²) in [5, 5.41) is 3.38. The van der Waals surface area contributed by atoms with Crippen LogP contribution in [0.25, 0.3) is 16.9 Å². The molecule has 3 aromatic heterocycles. The molecule has 0 aliphatic carbocycles. The number of hydrogen-bond donors (Lipinski definition) is 1. The summed E-state index contributed by atoms with van der Waals surface area (Å²) in [6, 6.07) is 29.4. The van der Waals surface area contributed by atoms with Crippen LogP contribution in [0.2, 0.25) is 0 Å². The predicted octanol–water partition coefficient (Wildman–Crippen LogP) is 8.30. The minimum atomic E-state index is -3.89. The van der Waals surface area contributed by atoms with Crippen LogP contribution in [0, 0.1) is 0 Å². The molecule has 1 saturated heterocycles. The summed E-state index contributed by atoms with van der Waals surface area (Å²) in [5.41, 5.74) is 6.93. The Labute approximate surface area is 308 Å². The molecule has 0 spiro atoms. The second-order valence-corrected chi connectivity index (χ2v) is 14.0. The molecule has 4 heterocycles. The summed E-state index contributed by atoms with van der Waals surface area (Å²) < 4.78 is 50.1. The number of morpholine rings is 1. The van der Waals surface area contributed by atoms with Crippen molar-refractivity contribution in [3.63, 3.8) is 0 Å². The molecular weight excluding hydrogens is 691 g/mol. The van der Waals surface area contributed by atoms with Crippen molar-refractivity contribution in [2.75, 3.05) is 32.9 Å². The first-order valence-corrected chi connectivity index (χ1v) is 18.9. The quantitative estimate of drug-likeness (QED) is 0.0725. The number of nitrogens with one attached hydrogen (secondary N) is 1. The smallest absolute Gasteiger partial charge is 0.472 e. The standard InChI is InChI=1S/C41H41N4O7P/c1-3-20-50-53(46,51-21-4-2)52-34-17-15-31(16-18-34)28-49-41-37(25-35-24-33(29-48-35)39-26-42-19-22-47-39)44-40-36(23-30-11-7-5-8-12-30)43-38(27-45(40)41)32-13-9-6-10-14-32/h3-18,24,27,29,39,42H,1-2,19-23,25-26,28H2. The van der Waals surface area contributed by atoms with E-state index in [2.05, 4.69) is 30.6 Å². The molecular formula is C41H41N4O7P. The summed E-state index contributed by atoms with van der Waals surface area (Å²) in [5.74, 6) is 1.63. The maximum atomic E-state index is 13.1. The average molecular weight is 733 g/mol. The average Bonchev–Trinajstić information content (AvgIpc) is 3.82. The molecule has 0 radical (unpaired) electrons. The number of hydrogen-bond acceptors (Lipinski definition) is 10. The molecule has 1 N–H and O–H groups in total. The van der Waals surface area contributed by atoms with Crippen molar-refractivity contribution in [2.45, 2.75) is 25.6 Å². The molecule has 1 unspecified atom stereocenters. The number of fused-ring (bicyclic) bond motifs is 1. The minimum Gasteiger partial charge on any atom is -0.472 e. The molecule has 1 fully saturated rings. The molecule has 1 aliphatic heterocycles. The van der Waals surface area contributed by atoms with Crippen molar-refractivity contribution in [1.82, 2.24) is 19.7 Å². The molecule has 11 nitrogen and oxygen atoms in total. The summed E-state index contributed by atoms with van der Waals surface area (Å²) in [6.07, 6.45) is 7.57. The van der Waals surface area contributed by atoms with E-state index in [9.17, 15) is 4.57 Å². The van der Waals surface area contributed by atoms with Crippen molar-refractivity contribution in [3.05, 3.63) is 163 Å². The zero-order valence-electron chi connectivity index (χ0n) is 29.3. The Morgan fingerprint density at radius 1 is 0.887 bits per heavy atom. The van der Waals surface area contributed by atoms with Gasteiger partial charge in [-0.25, -0.2) is 14.5 Å². The second kappa shape index (κ2) is 17.0. The van der Waals surface area contributed by atoms with Gasteiger partial charge in [-0.3, -0.25) is 13.4 Å². The lowest BCUT2D eigenvalue weighted by atomic mass is 10.1. The fourth-order valence-electron chi connectivity index (χ4n) is 5.97. The Bertz CT molecular complexity index is 2160. The van der Waals surface area contributed by atoms with E-state index in [1.807, 2.05) is 77.3 Å². The van der Waals surface area contributed by atoms with Crippen LogP contribution in [0.1, 0.15) is 39.9 Å². The molecule has 272 valence electrons. The fraction of sp³-hybridized carbons (Fsp3) is 0.220. The maximum Gasteiger partial charge on any atom is 0.530 e. The fourth-order valence-corrected chi connectivity index (χ4v) is 7.10. The summed E-state index contributed by atoms with van der Waals surface area (Å²) in [4.78, 5) is 10.3. The van der Waals surface area contributed by atoms with Gasteiger partial charge >= 0.3 is 7.82 Å². The van der Waals surface area contributed by atoms with Crippen LogP contribution in [0.3, 0.4) is 0 Å². The van der Waals surface area contributed by atoms with Crippen molar-refractivity contribution in [1.29, 1.82) is 0 Å². The van der Waals surface area contributed by atoms with Gasteiger partial charge in [0.25, 0.3) is 0 Å². The third-order valence-electron chi connectivity index (χ3n) is 8.52. The number of rotatable bonds is 17. The third kappa shape index (κ3) is 9.03. The number of furan rings is 1. The van der Waals surface area contributed by atoms with Gasteiger partial charge in [-0.15, -0.1) is 13.2 Å². The van der Waals surface area contributed by atoms with Gasteiger partial charge in [0.05, 0.1) is 50.0 Å². The predicted molar refractivity (Wildman–Crippen MR) is 202 cm³/mol. The Morgan fingerprint density at radius 3 is 2.32 bits per heavy atom. The first-order valence-electron chi connectivity index (χ1n) is 17.4. The summed E-state index contributed by atoms with van der Waals surface area (Å²) >= 11 is 0. The number of benzene rings is 3.